The van der Waals surface area contributed by atoms with Gasteiger partial charge < -0.3 is 29.0 Å². The number of carbonyl (C=O) groups is 1. The molecule has 0 saturated carbocycles. The molecule has 1 amide bonds. The predicted molar refractivity (Wildman–Crippen MR) is 93.2 cm³/mol. The monoisotopic (exact) mass is 347 g/mol. The van der Waals surface area contributed by atoms with Gasteiger partial charge in [-0.3, -0.25) is 4.79 Å². The maximum atomic E-state index is 12.2. The lowest BCUT2D eigenvalue weighted by molar-refractivity contribution is -0.118. The standard InChI is InChI=1S/C18H21NO6/c1-21-12-8-9-14(22-2)13(10-12)19-17(20)11-25-16-7-5-6-15(23-3)18(16)24-4/h5-10H,11H2,1-4H3,(H,19,20). The van der Waals surface area contributed by atoms with E-state index in [0.717, 1.165) is 0 Å². The summed E-state index contributed by atoms with van der Waals surface area (Å²) < 4.78 is 26.4. The summed E-state index contributed by atoms with van der Waals surface area (Å²) in [5.74, 6) is 2.14. The van der Waals surface area contributed by atoms with E-state index in [0.29, 0.717) is 34.4 Å². The average Bonchev–Trinajstić information content (AvgIpc) is 2.65. The fourth-order valence-electron chi connectivity index (χ4n) is 2.21. The Bertz CT molecular complexity index is 732. The molecule has 0 aliphatic rings. The highest BCUT2D eigenvalue weighted by atomic mass is 16.5. The highest BCUT2D eigenvalue weighted by Crippen LogP contribution is 2.36. The summed E-state index contributed by atoms with van der Waals surface area (Å²) in [6.45, 7) is -0.204. The summed E-state index contributed by atoms with van der Waals surface area (Å²) in [5, 5.41) is 2.73. The molecule has 0 bridgehead atoms. The van der Waals surface area contributed by atoms with E-state index in [9.17, 15) is 4.79 Å². The first-order valence-electron chi connectivity index (χ1n) is 7.48. The fourth-order valence-corrected chi connectivity index (χ4v) is 2.21. The molecule has 0 saturated heterocycles. The quantitative estimate of drug-likeness (QED) is 0.791. The zero-order chi connectivity index (χ0) is 18.2. The van der Waals surface area contributed by atoms with Crippen molar-refractivity contribution in [2.75, 3.05) is 40.4 Å². The lowest BCUT2D eigenvalue weighted by Crippen LogP contribution is -2.20. The van der Waals surface area contributed by atoms with Gasteiger partial charge in [0.1, 0.15) is 11.5 Å². The van der Waals surface area contributed by atoms with Crippen molar-refractivity contribution in [1.29, 1.82) is 0 Å². The number of methoxy groups -OCH3 is 4. The second-order valence-corrected chi connectivity index (χ2v) is 4.89. The number of para-hydroxylation sites is 1. The van der Waals surface area contributed by atoms with Gasteiger partial charge in [0.05, 0.1) is 34.1 Å². The Morgan fingerprint density at radius 3 is 2.24 bits per heavy atom. The van der Waals surface area contributed by atoms with Crippen LogP contribution in [0.4, 0.5) is 5.69 Å². The summed E-state index contributed by atoms with van der Waals surface area (Å²) in [6.07, 6.45) is 0. The highest BCUT2D eigenvalue weighted by Gasteiger charge is 2.14. The van der Waals surface area contributed by atoms with E-state index in [1.165, 1.54) is 21.3 Å². The minimum atomic E-state index is -0.351. The van der Waals surface area contributed by atoms with Crippen LogP contribution in [0.2, 0.25) is 0 Å². The smallest absolute Gasteiger partial charge is 0.262 e. The van der Waals surface area contributed by atoms with Crippen LogP contribution >= 0.6 is 0 Å². The molecule has 0 heterocycles. The normalized spacial score (nSPS) is 9.92. The van der Waals surface area contributed by atoms with Crippen LogP contribution in [0.5, 0.6) is 28.7 Å². The van der Waals surface area contributed by atoms with Gasteiger partial charge in [-0.2, -0.15) is 0 Å². The van der Waals surface area contributed by atoms with Gasteiger partial charge >= 0.3 is 0 Å². The van der Waals surface area contributed by atoms with Crippen LogP contribution in [0.1, 0.15) is 0 Å². The van der Waals surface area contributed by atoms with Crippen molar-refractivity contribution in [1.82, 2.24) is 0 Å². The molecule has 0 radical (unpaired) electrons. The summed E-state index contributed by atoms with van der Waals surface area (Å²) in [4.78, 5) is 12.2. The first kappa shape index (κ1) is 18.3. The van der Waals surface area contributed by atoms with Gasteiger partial charge in [0.15, 0.2) is 18.1 Å². The summed E-state index contributed by atoms with van der Waals surface area (Å²) in [5.41, 5.74) is 0.494. The molecular formula is C18H21NO6. The van der Waals surface area contributed by atoms with Crippen LogP contribution in [0.3, 0.4) is 0 Å². The molecule has 0 spiro atoms. The summed E-state index contributed by atoms with van der Waals surface area (Å²) in [7, 11) is 6.11. The van der Waals surface area contributed by atoms with Crippen molar-refractivity contribution in [2.45, 2.75) is 0 Å². The molecule has 7 nitrogen and oxygen atoms in total. The van der Waals surface area contributed by atoms with Gasteiger partial charge in [-0.25, -0.2) is 0 Å². The Labute approximate surface area is 146 Å². The molecule has 134 valence electrons. The van der Waals surface area contributed by atoms with Crippen molar-refractivity contribution in [2.24, 2.45) is 0 Å². The van der Waals surface area contributed by atoms with Crippen LogP contribution < -0.4 is 29.0 Å². The van der Waals surface area contributed by atoms with Gasteiger partial charge in [-0.05, 0) is 24.3 Å². The Hall–Kier alpha value is -3.09. The number of amides is 1. The van der Waals surface area contributed by atoms with Gasteiger partial charge in [0.25, 0.3) is 5.91 Å². The maximum absolute atomic E-state index is 12.2. The minimum absolute atomic E-state index is 0.204. The third-order valence-corrected chi connectivity index (χ3v) is 3.41. The van der Waals surface area contributed by atoms with Crippen LogP contribution in [-0.4, -0.2) is 41.0 Å². The number of carbonyl (C=O) groups excluding carboxylic acids is 1. The average molecular weight is 347 g/mol. The number of hydrogen-bond donors (Lipinski definition) is 1. The van der Waals surface area contributed by atoms with Gasteiger partial charge in [-0.15, -0.1) is 0 Å². The first-order chi connectivity index (χ1) is 12.1. The van der Waals surface area contributed by atoms with Crippen molar-refractivity contribution in [3.8, 4) is 28.7 Å². The van der Waals surface area contributed by atoms with E-state index >= 15 is 0 Å². The topological polar surface area (TPSA) is 75.3 Å². The van der Waals surface area contributed by atoms with E-state index in [4.69, 9.17) is 23.7 Å². The molecule has 0 atom stereocenters. The Morgan fingerprint density at radius 2 is 1.60 bits per heavy atom. The number of anilines is 1. The zero-order valence-electron chi connectivity index (χ0n) is 14.6. The summed E-state index contributed by atoms with van der Waals surface area (Å²) in [6, 6.07) is 10.3. The molecule has 2 rings (SSSR count). The Kier molecular flexibility index (Phi) is 6.33. The Balaban J connectivity index is 2.07. The molecule has 1 N–H and O–H groups in total. The van der Waals surface area contributed by atoms with Crippen molar-refractivity contribution < 1.29 is 28.5 Å². The minimum Gasteiger partial charge on any atom is -0.497 e. The summed E-state index contributed by atoms with van der Waals surface area (Å²) >= 11 is 0. The number of ether oxygens (including phenoxy) is 5. The largest absolute Gasteiger partial charge is 0.497 e. The lowest BCUT2D eigenvalue weighted by atomic mass is 10.2. The van der Waals surface area contributed by atoms with Crippen LogP contribution in [0.25, 0.3) is 0 Å². The number of nitrogens with one attached hydrogen (secondary N) is 1. The van der Waals surface area contributed by atoms with E-state index < -0.39 is 0 Å². The SMILES string of the molecule is COc1ccc(OC)c(NC(=O)COc2cccc(OC)c2OC)c1. The third-order valence-electron chi connectivity index (χ3n) is 3.41. The molecule has 0 aliphatic heterocycles. The lowest BCUT2D eigenvalue weighted by Gasteiger charge is -2.14. The van der Waals surface area contributed by atoms with Gasteiger partial charge in [0.2, 0.25) is 5.75 Å². The maximum Gasteiger partial charge on any atom is 0.262 e. The van der Waals surface area contributed by atoms with E-state index in [-0.39, 0.29) is 12.5 Å². The van der Waals surface area contributed by atoms with E-state index in [2.05, 4.69) is 5.32 Å². The van der Waals surface area contributed by atoms with Crippen LogP contribution in [0.15, 0.2) is 36.4 Å². The molecule has 0 fully saturated rings. The second kappa shape index (κ2) is 8.68. The third kappa shape index (κ3) is 4.47. The first-order valence-corrected chi connectivity index (χ1v) is 7.48. The second-order valence-electron chi connectivity index (χ2n) is 4.89. The van der Waals surface area contributed by atoms with Crippen molar-refractivity contribution in [3.63, 3.8) is 0 Å². The highest BCUT2D eigenvalue weighted by molar-refractivity contribution is 5.93. The van der Waals surface area contributed by atoms with Crippen LogP contribution in [0, 0.1) is 0 Å². The molecule has 0 aliphatic carbocycles. The molecule has 7 heteroatoms. The fraction of sp³-hybridized carbons (Fsp3) is 0.278. The number of rotatable bonds is 8. The molecular weight excluding hydrogens is 326 g/mol. The van der Waals surface area contributed by atoms with Crippen molar-refractivity contribution in [3.05, 3.63) is 36.4 Å². The molecule has 0 unspecified atom stereocenters. The molecule has 0 aromatic heterocycles. The molecule has 25 heavy (non-hydrogen) atoms. The number of hydrogen-bond acceptors (Lipinski definition) is 6. The van der Waals surface area contributed by atoms with E-state index in [1.807, 2.05) is 0 Å². The van der Waals surface area contributed by atoms with Crippen molar-refractivity contribution >= 4 is 11.6 Å². The number of benzene rings is 2. The van der Waals surface area contributed by atoms with E-state index in [1.54, 1.807) is 43.5 Å². The zero-order valence-corrected chi connectivity index (χ0v) is 14.6. The van der Waals surface area contributed by atoms with Gasteiger partial charge in [0, 0.05) is 6.07 Å². The predicted octanol–water partition coefficient (Wildman–Crippen LogP) is 2.74. The van der Waals surface area contributed by atoms with Gasteiger partial charge in [-0.1, -0.05) is 6.07 Å². The Morgan fingerprint density at radius 1 is 0.880 bits per heavy atom. The molecule has 2 aromatic carbocycles. The van der Waals surface area contributed by atoms with Crippen LogP contribution in [-0.2, 0) is 4.79 Å². The molecule has 2 aromatic rings.